The summed E-state index contributed by atoms with van der Waals surface area (Å²) < 4.78 is 34.7. The molecule has 0 N–H and O–H groups in total. The molecule has 1 aliphatic carbocycles. The van der Waals surface area contributed by atoms with Crippen LogP contribution in [0, 0.1) is 0 Å². The SMILES string of the molecule is CC(C)(CC1=NS(=O)(=O)C2CCCCC2O1)c1ccccc1. The van der Waals surface area contributed by atoms with Crippen LogP contribution in [0.25, 0.3) is 0 Å². The zero-order valence-corrected chi connectivity index (χ0v) is 14.0. The van der Waals surface area contributed by atoms with Crippen molar-refractivity contribution in [3.63, 3.8) is 0 Å². The molecular formula is C17H23NO3S. The largest absolute Gasteiger partial charge is 0.475 e. The number of ether oxygens (including phenoxy) is 1. The van der Waals surface area contributed by atoms with Crippen LogP contribution in [-0.4, -0.2) is 25.7 Å². The number of nitrogens with zero attached hydrogens (tertiary/aromatic N) is 1. The highest BCUT2D eigenvalue weighted by molar-refractivity contribution is 7.91. The molecule has 1 saturated carbocycles. The molecule has 1 heterocycles. The molecule has 0 saturated heterocycles. The van der Waals surface area contributed by atoms with E-state index in [0.29, 0.717) is 18.7 Å². The Morgan fingerprint density at radius 3 is 2.59 bits per heavy atom. The molecule has 22 heavy (non-hydrogen) atoms. The lowest BCUT2D eigenvalue weighted by Crippen LogP contribution is -2.44. The fourth-order valence-electron chi connectivity index (χ4n) is 3.39. The van der Waals surface area contributed by atoms with Crippen molar-refractivity contribution in [1.29, 1.82) is 0 Å². The Morgan fingerprint density at radius 2 is 1.86 bits per heavy atom. The third kappa shape index (κ3) is 3.05. The van der Waals surface area contributed by atoms with Gasteiger partial charge >= 0.3 is 0 Å². The summed E-state index contributed by atoms with van der Waals surface area (Å²) >= 11 is 0. The van der Waals surface area contributed by atoms with Gasteiger partial charge in [-0.2, -0.15) is 0 Å². The van der Waals surface area contributed by atoms with Crippen LogP contribution in [-0.2, 0) is 20.2 Å². The average Bonchev–Trinajstić information content (AvgIpc) is 2.47. The van der Waals surface area contributed by atoms with Crippen LogP contribution in [0.2, 0.25) is 0 Å². The van der Waals surface area contributed by atoms with Crippen molar-refractivity contribution in [1.82, 2.24) is 0 Å². The standard InChI is InChI=1S/C17H23NO3S/c1-17(2,13-8-4-3-5-9-13)12-16-18-22(19,20)15-11-7-6-10-14(15)21-16/h3-5,8-9,14-15H,6-7,10-12H2,1-2H3. The van der Waals surface area contributed by atoms with Gasteiger partial charge in [0.25, 0.3) is 10.0 Å². The van der Waals surface area contributed by atoms with Crippen molar-refractivity contribution in [3.05, 3.63) is 35.9 Å². The van der Waals surface area contributed by atoms with E-state index < -0.39 is 15.3 Å². The highest BCUT2D eigenvalue weighted by Crippen LogP contribution is 2.34. The van der Waals surface area contributed by atoms with E-state index in [2.05, 4.69) is 30.4 Å². The molecule has 1 fully saturated rings. The van der Waals surface area contributed by atoms with Gasteiger partial charge in [-0.25, -0.2) is 8.42 Å². The molecule has 1 aliphatic heterocycles. The number of hydrogen-bond acceptors (Lipinski definition) is 3. The Balaban J connectivity index is 1.85. The predicted octanol–water partition coefficient (Wildman–Crippen LogP) is 3.42. The van der Waals surface area contributed by atoms with Crippen LogP contribution in [0.5, 0.6) is 0 Å². The molecule has 3 rings (SSSR count). The summed E-state index contributed by atoms with van der Waals surface area (Å²) in [5.41, 5.74) is 0.946. The number of rotatable bonds is 3. The lowest BCUT2D eigenvalue weighted by molar-refractivity contribution is 0.133. The molecule has 120 valence electrons. The minimum absolute atomic E-state index is 0.210. The molecule has 2 aliphatic rings. The Bertz CT molecular complexity index is 664. The van der Waals surface area contributed by atoms with E-state index in [9.17, 15) is 8.42 Å². The van der Waals surface area contributed by atoms with E-state index in [0.717, 1.165) is 24.8 Å². The molecule has 0 spiro atoms. The summed E-state index contributed by atoms with van der Waals surface area (Å²) in [5, 5.41) is -0.440. The van der Waals surface area contributed by atoms with Crippen molar-refractivity contribution in [2.24, 2.45) is 4.40 Å². The quantitative estimate of drug-likeness (QED) is 0.857. The van der Waals surface area contributed by atoms with Crippen molar-refractivity contribution in [2.75, 3.05) is 0 Å². The summed E-state index contributed by atoms with van der Waals surface area (Å²) in [6.07, 6.45) is 3.76. The predicted molar refractivity (Wildman–Crippen MR) is 87.6 cm³/mol. The topological polar surface area (TPSA) is 55.7 Å². The summed E-state index contributed by atoms with van der Waals surface area (Å²) in [4.78, 5) is 0. The van der Waals surface area contributed by atoms with Gasteiger partial charge in [0.2, 0.25) is 5.90 Å². The van der Waals surface area contributed by atoms with Gasteiger partial charge in [-0.05, 0) is 30.2 Å². The van der Waals surface area contributed by atoms with Crippen LogP contribution in [0.3, 0.4) is 0 Å². The normalized spacial score (nSPS) is 27.5. The Kier molecular flexibility index (Phi) is 4.02. The molecule has 4 nitrogen and oxygen atoms in total. The van der Waals surface area contributed by atoms with Gasteiger partial charge in [0.05, 0.1) is 0 Å². The molecule has 0 aromatic heterocycles. The third-order valence-corrected chi connectivity index (χ3v) is 6.45. The fraction of sp³-hybridized carbons (Fsp3) is 0.588. The summed E-state index contributed by atoms with van der Waals surface area (Å²) in [7, 11) is -3.42. The Morgan fingerprint density at radius 1 is 1.18 bits per heavy atom. The van der Waals surface area contributed by atoms with E-state index in [1.807, 2.05) is 18.2 Å². The molecule has 0 bridgehead atoms. The number of sulfonamides is 1. The maximum Gasteiger partial charge on any atom is 0.262 e. The fourth-order valence-corrected chi connectivity index (χ4v) is 4.95. The monoisotopic (exact) mass is 321 g/mol. The highest BCUT2D eigenvalue weighted by atomic mass is 32.2. The Hall–Kier alpha value is -1.36. The van der Waals surface area contributed by atoms with E-state index in [1.165, 1.54) is 0 Å². The van der Waals surface area contributed by atoms with Crippen LogP contribution >= 0.6 is 0 Å². The van der Waals surface area contributed by atoms with Crippen LogP contribution in [0.1, 0.15) is 51.5 Å². The molecule has 1 aromatic carbocycles. The molecule has 5 heteroatoms. The second-order valence-corrected chi connectivity index (χ2v) is 8.72. The van der Waals surface area contributed by atoms with Gasteiger partial charge in [-0.1, -0.05) is 50.6 Å². The lowest BCUT2D eigenvalue weighted by Gasteiger charge is -2.36. The maximum atomic E-state index is 12.4. The van der Waals surface area contributed by atoms with Gasteiger partial charge in [0.15, 0.2) is 0 Å². The summed E-state index contributed by atoms with van der Waals surface area (Å²) in [5.74, 6) is 0.372. The van der Waals surface area contributed by atoms with Crippen molar-refractivity contribution in [2.45, 2.75) is 62.7 Å². The minimum Gasteiger partial charge on any atom is -0.475 e. The van der Waals surface area contributed by atoms with Crippen molar-refractivity contribution < 1.29 is 13.2 Å². The van der Waals surface area contributed by atoms with Gasteiger partial charge in [0.1, 0.15) is 11.4 Å². The minimum atomic E-state index is -3.42. The molecule has 2 atom stereocenters. The second-order valence-electron chi connectivity index (χ2n) is 6.91. The van der Waals surface area contributed by atoms with E-state index in [-0.39, 0.29) is 11.5 Å². The molecular weight excluding hydrogens is 298 g/mol. The molecule has 2 unspecified atom stereocenters. The number of hydrogen-bond donors (Lipinski definition) is 0. The maximum absolute atomic E-state index is 12.4. The number of fused-ring (bicyclic) bond motifs is 1. The van der Waals surface area contributed by atoms with Crippen LogP contribution in [0.4, 0.5) is 0 Å². The van der Waals surface area contributed by atoms with E-state index >= 15 is 0 Å². The van der Waals surface area contributed by atoms with E-state index in [1.54, 1.807) is 0 Å². The summed E-state index contributed by atoms with van der Waals surface area (Å²) in [6, 6.07) is 10.1. The van der Waals surface area contributed by atoms with Gasteiger partial charge in [-0.3, -0.25) is 0 Å². The van der Waals surface area contributed by atoms with Crippen molar-refractivity contribution >= 4 is 15.9 Å². The molecule has 0 radical (unpaired) electrons. The first-order chi connectivity index (χ1) is 10.4. The van der Waals surface area contributed by atoms with E-state index in [4.69, 9.17) is 4.74 Å². The van der Waals surface area contributed by atoms with Crippen LogP contribution in [0.15, 0.2) is 34.7 Å². The van der Waals surface area contributed by atoms with Crippen LogP contribution < -0.4 is 0 Å². The second kappa shape index (κ2) is 5.69. The first-order valence-corrected chi connectivity index (χ1v) is 9.44. The molecule has 1 aromatic rings. The molecule has 0 amide bonds. The van der Waals surface area contributed by atoms with Gasteiger partial charge < -0.3 is 4.74 Å². The average molecular weight is 321 g/mol. The van der Waals surface area contributed by atoms with Gasteiger partial charge in [-0.15, -0.1) is 4.40 Å². The smallest absolute Gasteiger partial charge is 0.262 e. The zero-order valence-electron chi connectivity index (χ0n) is 13.2. The first-order valence-electron chi connectivity index (χ1n) is 7.93. The Labute approximate surface area is 132 Å². The van der Waals surface area contributed by atoms with Gasteiger partial charge in [0, 0.05) is 6.42 Å². The third-order valence-electron chi connectivity index (χ3n) is 4.69. The summed E-state index contributed by atoms with van der Waals surface area (Å²) in [6.45, 7) is 4.18. The highest BCUT2D eigenvalue weighted by Gasteiger charge is 2.42. The first kappa shape index (κ1) is 15.5. The van der Waals surface area contributed by atoms with Crippen molar-refractivity contribution in [3.8, 4) is 0 Å². The zero-order chi connectivity index (χ0) is 15.8. The lowest BCUT2D eigenvalue weighted by atomic mass is 9.81. The number of benzene rings is 1.